The Morgan fingerprint density at radius 3 is 0.759 bits per heavy atom. The normalized spacial score (nSPS) is 13.0. The van der Waals surface area contributed by atoms with Crippen LogP contribution in [0.5, 0.6) is 0 Å². The number of carbonyl (C=O) groups excluding carboxylic acids is 3. The summed E-state index contributed by atoms with van der Waals surface area (Å²) in [5, 5.41) is 0. The summed E-state index contributed by atoms with van der Waals surface area (Å²) >= 11 is 0. The number of ether oxygens (including phenoxy) is 3. The number of unbranched alkanes of at least 4 members (excludes halogenated alkanes) is 26. The predicted molar refractivity (Wildman–Crippen MR) is 362 cm³/mol. The van der Waals surface area contributed by atoms with Crippen molar-refractivity contribution in [1.82, 2.24) is 0 Å². The van der Waals surface area contributed by atoms with E-state index in [9.17, 15) is 14.4 Å². The predicted octanol–water partition coefficient (Wildman–Crippen LogP) is 23.9. The van der Waals surface area contributed by atoms with Gasteiger partial charge in [0.05, 0.1) is 0 Å². The molecule has 0 aliphatic heterocycles. The van der Waals surface area contributed by atoms with E-state index in [-0.39, 0.29) is 31.1 Å². The van der Waals surface area contributed by atoms with Crippen molar-refractivity contribution in [3.8, 4) is 0 Å². The van der Waals surface area contributed by atoms with Gasteiger partial charge < -0.3 is 14.2 Å². The first-order valence-electron chi connectivity index (χ1n) is 34.3. The van der Waals surface area contributed by atoms with Gasteiger partial charge in [0.2, 0.25) is 0 Å². The van der Waals surface area contributed by atoms with Crippen LogP contribution in [-0.4, -0.2) is 37.2 Å². The summed E-state index contributed by atoms with van der Waals surface area (Å²) < 4.78 is 16.9. The highest BCUT2D eigenvalue weighted by Crippen LogP contribution is 2.16. The Balaban J connectivity index is 4.49. The van der Waals surface area contributed by atoms with Gasteiger partial charge >= 0.3 is 17.9 Å². The van der Waals surface area contributed by atoms with Gasteiger partial charge in [-0.3, -0.25) is 14.4 Å². The van der Waals surface area contributed by atoms with Crippen LogP contribution >= 0.6 is 0 Å². The highest BCUT2D eigenvalue weighted by molar-refractivity contribution is 5.71. The highest BCUT2D eigenvalue weighted by Gasteiger charge is 2.19. The molecule has 1 unspecified atom stereocenters. The Bertz CT molecular complexity index is 1800. The molecule has 83 heavy (non-hydrogen) atoms. The molecule has 0 N–H and O–H groups in total. The molecule has 0 aliphatic carbocycles. The van der Waals surface area contributed by atoms with Gasteiger partial charge in [0.15, 0.2) is 6.10 Å². The van der Waals surface area contributed by atoms with Crippen LogP contribution in [0.25, 0.3) is 0 Å². The van der Waals surface area contributed by atoms with E-state index < -0.39 is 6.10 Å². The van der Waals surface area contributed by atoms with Gasteiger partial charge in [0.25, 0.3) is 0 Å². The third-order valence-corrected chi connectivity index (χ3v) is 14.3. The van der Waals surface area contributed by atoms with Crippen molar-refractivity contribution in [3.63, 3.8) is 0 Å². The summed E-state index contributed by atoms with van der Waals surface area (Å²) in [7, 11) is 0. The zero-order valence-corrected chi connectivity index (χ0v) is 53.9. The summed E-state index contributed by atoms with van der Waals surface area (Å²) in [4.78, 5) is 38.4. The molecule has 470 valence electrons. The third kappa shape index (κ3) is 68.0. The Kier molecular flexibility index (Phi) is 65.8. The topological polar surface area (TPSA) is 78.9 Å². The summed E-state index contributed by atoms with van der Waals surface area (Å²) in [6.07, 6.45) is 100. The van der Waals surface area contributed by atoms with Crippen molar-refractivity contribution in [2.45, 2.75) is 309 Å². The van der Waals surface area contributed by atoms with Crippen molar-refractivity contribution in [1.29, 1.82) is 0 Å². The van der Waals surface area contributed by atoms with Crippen LogP contribution in [0.2, 0.25) is 0 Å². The maximum Gasteiger partial charge on any atom is 0.306 e. The maximum absolute atomic E-state index is 12.9. The Labute approximate surface area is 512 Å². The molecule has 0 heterocycles. The number of rotatable bonds is 61. The van der Waals surface area contributed by atoms with E-state index in [0.29, 0.717) is 25.7 Å². The molecule has 0 aromatic heterocycles. The second-order valence-electron chi connectivity index (χ2n) is 22.3. The number of esters is 3. The molecule has 0 spiro atoms. The van der Waals surface area contributed by atoms with E-state index in [2.05, 4.69) is 167 Å². The van der Waals surface area contributed by atoms with Crippen LogP contribution in [-0.2, 0) is 28.6 Å². The van der Waals surface area contributed by atoms with Crippen LogP contribution in [0.1, 0.15) is 303 Å². The molecule has 0 amide bonds. The lowest BCUT2D eigenvalue weighted by Gasteiger charge is -2.18. The molecular formula is C77H126O6. The molecule has 0 aromatic rings. The van der Waals surface area contributed by atoms with Crippen LogP contribution in [0.3, 0.4) is 0 Å². The third-order valence-electron chi connectivity index (χ3n) is 14.3. The van der Waals surface area contributed by atoms with Crippen LogP contribution < -0.4 is 0 Å². The van der Waals surface area contributed by atoms with E-state index >= 15 is 0 Å². The Morgan fingerprint density at radius 2 is 0.470 bits per heavy atom. The average molecular weight is 1150 g/mol. The summed E-state index contributed by atoms with van der Waals surface area (Å²) in [6.45, 7) is 6.39. The molecule has 0 rings (SSSR count). The zero-order chi connectivity index (χ0) is 59.9. The molecular weight excluding hydrogens is 1020 g/mol. The molecule has 0 saturated carbocycles. The summed E-state index contributed by atoms with van der Waals surface area (Å²) in [5.41, 5.74) is 0. The van der Waals surface area contributed by atoms with E-state index in [0.717, 1.165) is 141 Å². The smallest absolute Gasteiger partial charge is 0.306 e. The van der Waals surface area contributed by atoms with E-state index in [1.165, 1.54) is 116 Å². The molecule has 0 saturated heterocycles. The quantitative estimate of drug-likeness (QED) is 0.0261. The monoisotopic (exact) mass is 1150 g/mol. The first kappa shape index (κ1) is 78.3. The number of carbonyl (C=O) groups is 3. The van der Waals surface area contributed by atoms with Crippen molar-refractivity contribution in [2.24, 2.45) is 0 Å². The second kappa shape index (κ2) is 69.8. The Morgan fingerprint density at radius 1 is 0.253 bits per heavy atom. The van der Waals surface area contributed by atoms with E-state index in [4.69, 9.17) is 14.2 Å². The number of hydrogen-bond acceptors (Lipinski definition) is 6. The molecule has 0 aliphatic rings. The van der Waals surface area contributed by atoms with Crippen molar-refractivity contribution in [2.75, 3.05) is 13.2 Å². The van der Waals surface area contributed by atoms with E-state index in [1.807, 2.05) is 0 Å². The molecule has 0 radical (unpaired) electrons. The molecule has 0 fully saturated rings. The Hall–Kier alpha value is -4.71. The van der Waals surface area contributed by atoms with Crippen LogP contribution in [0.15, 0.2) is 146 Å². The molecule has 6 nitrogen and oxygen atoms in total. The van der Waals surface area contributed by atoms with Crippen molar-refractivity contribution < 1.29 is 28.6 Å². The fourth-order valence-corrected chi connectivity index (χ4v) is 9.27. The summed E-state index contributed by atoms with van der Waals surface area (Å²) in [6, 6.07) is 0. The van der Waals surface area contributed by atoms with E-state index in [1.54, 1.807) is 0 Å². The average Bonchev–Trinajstić information content (AvgIpc) is 3.50. The standard InChI is InChI=1S/C77H126O6/c1-4-7-10-13-16-19-22-25-28-31-34-35-36-37-38-39-40-41-44-46-49-52-55-58-61-64-67-70-76(79)82-73-74(83-77(80)71-68-65-62-59-56-53-50-47-43-33-30-27-24-21-18-15-12-9-6-3)72-81-75(78)69-66-63-60-57-54-51-48-45-42-32-29-26-23-20-17-14-11-8-5-2/h7,9-10,12,16,18-19,21,25,27-28,30,34-35,37-38,40-41,43,46-47,49,55,58,74H,4-6,8,11,13-15,17,20,22-24,26,29,31-33,36,39,42,44-45,48,50-54,56-57,59-73H2,1-3H3/b10-7-,12-9-,19-16-,21-18-,28-25-,30-27-,35-34-,38-37-,41-40-,47-43-,49-46-,58-55-. The lowest BCUT2D eigenvalue weighted by atomic mass is 10.0. The minimum atomic E-state index is -0.811. The van der Waals surface area contributed by atoms with Gasteiger partial charge in [-0.15, -0.1) is 0 Å². The molecule has 0 aromatic carbocycles. The van der Waals surface area contributed by atoms with Gasteiger partial charge in [-0.25, -0.2) is 0 Å². The number of hydrogen-bond donors (Lipinski definition) is 0. The summed E-state index contributed by atoms with van der Waals surface area (Å²) in [5.74, 6) is -0.954. The largest absolute Gasteiger partial charge is 0.462 e. The first-order valence-corrected chi connectivity index (χ1v) is 34.3. The lowest BCUT2D eigenvalue weighted by molar-refractivity contribution is -0.167. The number of allylic oxidation sites excluding steroid dienone is 24. The van der Waals surface area contributed by atoms with Gasteiger partial charge in [-0.1, -0.05) is 308 Å². The molecule has 6 heteroatoms. The molecule has 1 atom stereocenters. The lowest BCUT2D eigenvalue weighted by Crippen LogP contribution is -2.30. The van der Waals surface area contributed by atoms with Gasteiger partial charge in [-0.2, -0.15) is 0 Å². The minimum Gasteiger partial charge on any atom is -0.462 e. The van der Waals surface area contributed by atoms with Crippen molar-refractivity contribution in [3.05, 3.63) is 146 Å². The van der Waals surface area contributed by atoms with Crippen LogP contribution in [0, 0.1) is 0 Å². The fraction of sp³-hybridized carbons (Fsp3) is 0.649. The maximum atomic E-state index is 12.9. The fourth-order valence-electron chi connectivity index (χ4n) is 9.27. The second-order valence-corrected chi connectivity index (χ2v) is 22.3. The van der Waals surface area contributed by atoms with Crippen molar-refractivity contribution >= 4 is 17.9 Å². The van der Waals surface area contributed by atoms with Crippen LogP contribution in [0.4, 0.5) is 0 Å². The minimum absolute atomic E-state index is 0.100. The zero-order valence-electron chi connectivity index (χ0n) is 53.9. The van der Waals surface area contributed by atoms with Gasteiger partial charge in [0, 0.05) is 19.3 Å². The van der Waals surface area contributed by atoms with Gasteiger partial charge in [0.1, 0.15) is 13.2 Å². The molecule has 0 bridgehead atoms. The van der Waals surface area contributed by atoms with Gasteiger partial charge in [-0.05, 0) is 122 Å². The highest BCUT2D eigenvalue weighted by atomic mass is 16.6. The first-order chi connectivity index (χ1) is 41.0. The SMILES string of the molecule is CC/C=C\C/C=C\C/C=C\C/C=C\C/C=C\C/C=C\C/C=C\C/C=C\CCCCC(=O)OCC(COC(=O)CCCCCCCCCCCCCCCCCCCCC)OC(=O)CCCCCCCC/C=C\C/C=C\C/C=C\C/C=C\CC.